The van der Waals surface area contributed by atoms with Crippen LogP contribution in [0.3, 0.4) is 0 Å². The molecule has 1 saturated heterocycles. The van der Waals surface area contributed by atoms with Crippen molar-refractivity contribution in [3.05, 3.63) is 65.2 Å². The standard InChI is InChI=1S/C26H30N2O5/c1-31-22-12-9-18(15-23(22)32-2)20-16-19-10-11-21(24(20)25(29)33-3)28(19)26(30)27-14-13-17-7-5-4-6-8-17/h4-9,12,15,19,21H,10-11,13-14,16H2,1-3H3,(H,27,30)/t19-,21+/m0/s1. The molecule has 33 heavy (non-hydrogen) atoms. The van der Waals surface area contributed by atoms with Gasteiger partial charge < -0.3 is 24.4 Å². The Labute approximate surface area is 194 Å². The third kappa shape index (κ3) is 4.53. The summed E-state index contributed by atoms with van der Waals surface area (Å²) in [6.45, 7) is 0.540. The van der Waals surface area contributed by atoms with Gasteiger partial charge in [-0.2, -0.15) is 0 Å². The number of carbonyl (C=O) groups is 2. The highest BCUT2D eigenvalue weighted by Gasteiger charge is 2.46. The molecule has 2 aliphatic rings. The monoisotopic (exact) mass is 450 g/mol. The summed E-state index contributed by atoms with van der Waals surface area (Å²) in [4.78, 5) is 27.9. The smallest absolute Gasteiger partial charge is 0.336 e. The number of ether oxygens (including phenoxy) is 3. The second kappa shape index (κ2) is 9.98. The van der Waals surface area contributed by atoms with E-state index in [1.807, 2.05) is 53.4 Å². The number of esters is 1. The first kappa shape index (κ1) is 22.7. The van der Waals surface area contributed by atoms with Gasteiger partial charge in [-0.3, -0.25) is 0 Å². The SMILES string of the molecule is COC(=O)C1=C(c2ccc(OC)c(OC)c2)C[C@@H]2CC[C@H]1N2C(=O)NCCc1ccccc1. The topological polar surface area (TPSA) is 77.1 Å². The molecule has 2 atom stereocenters. The normalized spacial score (nSPS) is 19.3. The maximum Gasteiger partial charge on any atom is 0.336 e. The van der Waals surface area contributed by atoms with Crippen LogP contribution in [-0.2, 0) is 16.0 Å². The van der Waals surface area contributed by atoms with Crippen LogP contribution in [0.4, 0.5) is 4.79 Å². The minimum Gasteiger partial charge on any atom is -0.493 e. The molecular weight excluding hydrogens is 420 g/mol. The van der Waals surface area contributed by atoms with Crippen molar-refractivity contribution in [3.8, 4) is 11.5 Å². The van der Waals surface area contributed by atoms with E-state index in [1.165, 1.54) is 12.7 Å². The molecule has 174 valence electrons. The molecule has 4 rings (SSSR count). The average molecular weight is 451 g/mol. The number of hydrogen-bond donors (Lipinski definition) is 1. The second-order valence-corrected chi connectivity index (χ2v) is 8.28. The molecule has 2 heterocycles. The molecule has 0 spiro atoms. The van der Waals surface area contributed by atoms with Gasteiger partial charge in [0.15, 0.2) is 11.5 Å². The number of amides is 2. The van der Waals surface area contributed by atoms with Gasteiger partial charge in [0.05, 0.1) is 32.9 Å². The molecule has 7 nitrogen and oxygen atoms in total. The van der Waals surface area contributed by atoms with Gasteiger partial charge in [-0.1, -0.05) is 36.4 Å². The zero-order valence-corrected chi connectivity index (χ0v) is 19.3. The fourth-order valence-corrected chi connectivity index (χ4v) is 4.94. The highest BCUT2D eigenvalue weighted by Crippen LogP contribution is 2.44. The first-order valence-electron chi connectivity index (χ1n) is 11.2. The van der Waals surface area contributed by atoms with Crippen LogP contribution in [0.25, 0.3) is 5.57 Å². The molecule has 2 amide bonds. The van der Waals surface area contributed by atoms with Gasteiger partial charge in [-0.15, -0.1) is 0 Å². The summed E-state index contributed by atoms with van der Waals surface area (Å²) in [5.74, 6) is 0.826. The lowest BCUT2D eigenvalue weighted by Gasteiger charge is -2.37. The van der Waals surface area contributed by atoms with Crippen LogP contribution < -0.4 is 14.8 Å². The van der Waals surface area contributed by atoms with Gasteiger partial charge in [-0.05, 0) is 54.5 Å². The highest BCUT2D eigenvalue weighted by molar-refractivity contribution is 6.01. The fraction of sp³-hybridized carbons (Fsp3) is 0.385. The Morgan fingerprint density at radius 3 is 2.45 bits per heavy atom. The number of carbonyl (C=O) groups excluding carboxylic acids is 2. The molecule has 0 aliphatic carbocycles. The Bertz CT molecular complexity index is 1050. The zero-order chi connectivity index (χ0) is 23.4. The van der Waals surface area contributed by atoms with Gasteiger partial charge in [0.1, 0.15) is 0 Å². The van der Waals surface area contributed by atoms with Crippen molar-refractivity contribution >= 4 is 17.6 Å². The molecule has 1 N–H and O–H groups in total. The number of fused-ring (bicyclic) bond motifs is 2. The van der Waals surface area contributed by atoms with Crippen LogP contribution in [0.1, 0.15) is 30.4 Å². The minimum absolute atomic E-state index is 0.0308. The molecule has 1 fully saturated rings. The first-order valence-corrected chi connectivity index (χ1v) is 11.2. The molecule has 0 unspecified atom stereocenters. The van der Waals surface area contributed by atoms with Gasteiger partial charge in [0, 0.05) is 12.6 Å². The summed E-state index contributed by atoms with van der Waals surface area (Å²) < 4.78 is 16.0. The van der Waals surface area contributed by atoms with E-state index < -0.39 is 5.97 Å². The number of nitrogens with one attached hydrogen (secondary N) is 1. The lowest BCUT2D eigenvalue weighted by atomic mass is 9.88. The van der Waals surface area contributed by atoms with E-state index >= 15 is 0 Å². The quantitative estimate of drug-likeness (QED) is 0.649. The van der Waals surface area contributed by atoms with E-state index in [0.717, 1.165) is 30.4 Å². The van der Waals surface area contributed by atoms with Crippen LogP contribution in [-0.4, -0.2) is 56.9 Å². The summed E-state index contributed by atoms with van der Waals surface area (Å²) in [7, 11) is 4.56. The zero-order valence-electron chi connectivity index (χ0n) is 19.3. The third-order valence-corrected chi connectivity index (χ3v) is 6.51. The van der Waals surface area contributed by atoms with Gasteiger partial charge in [-0.25, -0.2) is 9.59 Å². The Morgan fingerprint density at radius 1 is 1.00 bits per heavy atom. The lowest BCUT2D eigenvalue weighted by Crippen LogP contribution is -2.51. The molecule has 2 aromatic carbocycles. The fourth-order valence-electron chi connectivity index (χ4n) is 4.94. The molecule has 0 saturated carbocycles. The first-order chi connectivity index (χ1) is 16.1. The minimum atomic E-state index is -0.396. The largest absolute Gasteiger partial charge is 0.493 e. The van der Waals surface area contributed by atoms with E-state index in [9.17, 15) is 9.59 Å². The summed E-state index contributed by atoms with van der Waals surface area (Å²) in [5, 5.41) is 3.04. The molecular formula is C26H30N2O5. The number of rotatable bonds is 7. The Morgan fingerprint density at radius 2 is 1.76 bits per heavy atom. The van der Waals surface area contributed by atoms with Crippen LogP contribution in [0, 0.1) is 0 Å². The molecule has 2 aromatic rings. The van der Waals surface area contributed by atoms with Crippen molar-refractivity contribution in [2.24, 2.45) is 0 Å². The molecule has 0 radical (unpaired) electrons. The van der Waals surface area contributed by atoms with Crippen molar-refractivity contribution in [3.63, 3.8) is 0 Å². The number of methoxy groups -OCH3 is 3. The molecule has 7 heteroatoms. The molecule has 2 bridgehead atoms. The van der Waals surface area contributed by atoms with Crippen LogP contribution in [0.5, 0.6) is 11.5 Å². The van der Waals surface area contributed by atoms with E-state index in [1.54, 1.807) is 14.2 Å². The predicted octanol–water partition coefficient (Wildman–Crippen LogP) is 3.82. The average Bonchev–Trinajstić information content (AvgIpc) is 3.17. The van der Waals surface area contributed by atoms with E-state index in [4.69, 9.17) is 14.2 Å². The lowest BCUT2D eigenvalue weighted by molar-refractivity contribution is -0.136. The highest BCUT2D eigenvalue weighted by atomic mass is 16.5. The Balaban J connectivity index is 1.59. The number of benzene rings is 2. The van der Waals surface area contributed by atoms with E-state index in [0.29, 0.717) is 30.0 Å². The summed E-state index contributed by atoms with van der Waals surface area (Å²) in [6, 6.07) is 15.3. The van der Waals surface area contributed by atoms with Crippen molar-refractivity contribution in [2.75, 3.05) is 27.9 Å². The van der Waals surface area contributed by atoms with Crippen LogP contribution in [0.2, 0.25) is 0 Å². The number of hydrogen-bond acceptors (Lipinski definition) is 5. The Hall–Kier alpha value is -3.48. The van der Waals surface area contributed by atoms with E-state index in [2.05, 4.69) is 5.32 Å². The Kier molecular flexibility index (Phi) is 6.87. The second-order valence-electron chi connectivity index (χ2n) is 8.28. The van der Waals surface area contributed by atoms with E-state index in [-0.39, 0.29) is 18.1 Å². The predicted molar refractivity (Wildman–Crippen MR) is 125 cm³/mol. The molecule has 0 aromatic heterocycles. The van der Waals surface area contributed by atoms with Gasteiger partial charge >= 0.3 is 12.0 Å². The summed E-state index contributed by atoms with van der Waals surface area (Å²) >= 11 is 0. The number of nitrogens with zero attached hydrogens (tertiary/aromatic N) is 1. The van der Waals surface area contributed by atoms with Crippen LogP contribution >= 0.6 is 0 Å². The third-order valence-electron chi connectivity index (χ3n) is 6.51. The summed E-state index contributed by atoms with van der Waals surface area (Å²) in [6.07, 6.45) is 2.92. The maximum absolute atomic E-state index is 13.1. The van der Waals surface area contributed by atoms with Crippen molar-refractivity contribution in [2.45, 2.75) is 37.8 Å². The van der Waals surface area contributed by atoms with Crippen LogP contribution in [0.15, 0.2) is 54.1 Å². The van der Waals surface area contributed by atoms with Crippen molar-refractivity contribution < 1.29 is 23.8 Å². The van der Waals surface area contributed by atoms with Gasteiger partial charge in [0.2, 0.25) is 0 Å². The summed E-state index contributed by atoms with van der Waals surface area (Å²) in [5.41, 5.74) is 3.51. The molecule has 2 aliphatic heterocycles. The van der Waals surface area contributed by atoms with Crippen molar-refractivity contribution in [1.82, 2.24) is 10.2 Å². The van der Waals surface area contributed by atoms with Gasteiger partial charge in [0.25, 0.3) is 0 Å². The maximum atomic E-state index is 13.1. The number of urea groups is 1. The van der Waals surface area contributed by atoms with Crippen molar-refractivity contribution in [1.29, 1.82) is 0 Å².